The first-order valence-electron chi connectivity index (χ1n) is 8.96. The van der Waals surface area contributed by atoms with Crippen molar-refractivity contribution < 1.29 is 23.1 Å². The van der Waals surface area contributed by atoms with Gasteiger partial charge in [0.2, 0.25) is 0 Å². The second-order valence-electron chi connectivity index (χ2n) is 6.47. The summed E-state index contributed by atoms with van der Waals surface area (Å²) in [6.07, 6.45) is 0. The van der Waals surface area contributed by atoms with Crippen LogP contribution >= 0.6 is 11.3 Å². The smallest absolute Gasteiger partial charge is 0.350 e. The van der Waals surface area contributed by atoms with Crippen LogP contribution in [0.2, 0.25) is 0 Å². The monoisotopic (exact) mass is 425 g/mol. The molecule has 0 unspecified atom stereocenters. The number of carbonyl (C=O) groups excluding carboxylic acids is 1. The van der Waals surface area contributed by atoms with Crippen LogP contribution in [0.5, 0.6) is 5.75 Å². The molecule has 8 heteroatoms. The number of esters is 1. The zero-order valence-corrected chi connectivity index (χ0v) is 16.9. The van der Waals surface area contributed by atoms with Crippen LogP contribution in [0.15, 0.2) is 57.7 Å². The minimum atomic E-state index is -0.548. The fraction of sp³-hybridized carbons (Fsp3) is 0.136. The van der Waals surface area contributed by atoms with Gasteiger partial charge >= 0.3 is 11.6 Å². The van der Waals surface area contributed by atoms with E-state index in [4.69, 9.17) is 13.9 Å². The van der Waals surface area contributed by atoms with Gasteiger partial charge in [-0.05, 0) is 43.3 Å². The molecule has 2 aromatic carbocycles. The summed E-state index contributed by atoms with van der Waals surface area (Å²) in [7, 11) is 1.52. The minimum absolute atomic E-state index is 0.101. The van der Waals surface area contributed by atoms with E-state index in [1.54, 1.807) is 37.3 Å². The summed E-state index contributed by atoms with van der Waals surface area (Å²) in [4.78, 5) is 29.2. The molecule has 0 atom stereocenters. The van der Waals surface area contributed by atoms with Gasteiger partial charge in [0, 0.05) is 28.6 Å². The van der Waals surface area contributed by atoms with Crippen LogP contribution in [0, 0.1) is 12.7 Å². The van der Waals surface area contributed by atoms with Crippen molar-refractivity contribution in [1.82, 2.24) is 4.98 Å². The summed E-state index contributed by atoms with van der Waals surface area (Å²) in [6.45, 7) is 1.61. The third kappa shape index (κ3) is 3.95. The normalized spacial score (nSPS) is 10.9. The predicted octanol–water partition coefficient (Wildman–Crippen LogP) is 4.73. The lowest BCUT2D eigenvalue weighted by Gasteiger charge is -2.08. The van der Waals surface area contributed by atoms with Crippen LogP contribution in [0.3, 0.4) is 0 Å². The third-order valence-corrected chi connectivity index (χ3v) is 5.66. The van der Waals surface area contributed by atoms with Gasteiger partial charge in [0.05, 0.1) is 12.8 Å². The first kappa shape index (κ1) is 19.8. The number of nitrogens with zero attached hydrogens (tertiary/aromatic N) is 1. The Morgan fingerprint density at radius 3 is 2.67 bits per heavy atom. The Kier molecular flexibility index (Phi) is 5.33. The molecule has 0 spiro atoms. The van der Waals surface area contributed by atoms with E-state index >= 15 is 0 Å². The van der Waals surface area contributed by atoms with Gasteiger partial charge in [-0.15, -0.1) is 11.3 Å². The van der Waals surface area contributed by atoms with Crippen molar-refractivity contribution in [3.05, 3.63) is 80.9 Å². The standard InChI is InChI=1S/C22H16FNO5S/c1-12-20(30-21(24-12)13-3-5-15(23)6-4-13)22(26)28-11-14-9-19(25)29-18-10-16(27-2)7-8-17(14)18/h3-10H,11H2,1-2H3. The summed E-state index contributed by atoms with van der Waals surface area (Å²) < 4.78 is 28.9. The van der Waals surface area contributed by atoms with Crippen LogP contribution in [0.1, 0.15) is 20.9 Å². The highest BCUT2D eigenvalue weighted by atomic mass is 32.1. The number of aromatic nitrogens is 1. The fourth-order valence-corrected chi connectivity index (χ4v) is 3.93. The van der Waals surface area contributed by atoms with Gasteiger partial charge in [0.15, 0.2) is 0 Å². The van der Waals surface area contributed by atoms with E-state index in [1.807, 2.05) is 0 Å². The van der Waals surface area contributed by atoms with E-state index < -0.39 is 11.6 Å². The van der Waals surface area contributed by atoms with Gasteiger partial charge < -0.3 is 13.9 Å². The van der Waals surface area contributed by atoms with Crippen LogP contribution in [0.4, 0.5) is 4.39 Å². The lowest BCUT2D eigenvalue weighted by atomic mass is 10.1. The first-order valence-corrected chi connectivity index (χ1v) is 9.77. The summed E-state index contributed by atoms with van der Waals surface area (Å²) in [5.74, 6) is -0.342. The average molecular weight is 425 g/mol. The van der Waals surface area contributed by atoms with Gasteiger partial charge in [-0.2, -0.15) is 0 Å². The maximum Gasteiger partial charge on any atom is 0.350 e. The highest BCUT2D eigenvalue weighted by Crippen LogP contribution is 2.29. The molecule has 30 heavy (non-hydrogen) atoms. The molecule has 0 aliphatic rings. The molecule has 2 aromatic heterocycles. The zero-order valence-electron chi connectivity index (χ0n) is 16.1. The quantitative estimate of drug-likeness (QED) is 0.340. The van der Waals surface area contributed by atoms with E-state index in [9.17, 15) is 14.0 Å². The Hall–Kier alpha value is -3.52. The number of thiazole rings is 1. The Morgan fingerprint density at radius 2 is 1.93 bits per heavy atom. The highest BCUT2D eigenvalue weighted by molar-refractivity contribution is 7.17. The minimum Gasteiger partial charge on any atom is -0.497 e. The highest BCUT2D eigenvalue weighted by Gasteiger charge is 2.18. The van der Waals surface area contributed by atoms with Crippen molar-refractivity contribution in [3.8, 4) is 16.3 Å². The Morgan fingerprint density at radius 1 is 1.17 bits per heavy atom. The maximum absolute atomic E-state index is 13.1. The fourth-order valence-electron chi connectivity index (χ4n) is 2.97. The van der Waals surface area contributed by atoms with Gasteiger partial charge in [0.1, 0.15) is 33.6 Å². The van der Waals surface area contributed by atoms with Crippen molar-refractivity contribution >= 4 is 28.3 Å². The van der Waals surface area contributed by atoms with Crippen LogP contribution in [-0.4, -0.2) is 18.1 Å². The molecule has 0 radical (unpaired) electrons. The predicted molar refractivity (Wildman–Crippen MR) is 110 cm³/mol. The van der Waals surface area contributed by atoms with Gasteiger partial charge in [-0.25, -0.2) is 19.0 Å². The number of rotatable bonds is 5. The number of hydrogen-bond donors (Lipinski definition) is 0. The maximum atomic E-state index is 13.1. The van der Waals surface area contributed by atoms with E-state index in [2.05, 4.69) is 4.98 Å². The number of aryl methyl sites for hydroxylation is 1. The second-order valence-corrected chi connectivity index (χ2v) is 7.47. The van der Waals surface area contributed by atoms with Gasteiger partial charge in [-0.1, -0.05) is 0 Å². The molecular formula is C22H16FNO5S. The Balaban J connectivity index is 1.57. The summed E-state index contributed by atoms with van der Waals surface area (Å²) in [5.41, 5.74) is 1.56. The van der Waals surface area contributed by atoms with E-state index in [-0.39, 0.29) is 12.4 Å². The number of ether oxygens (including phenoxy) is 2. The molecule has 0 saturated carbocycles. The third-order valence-electron chi connectivity index (χ3n) is 4.47. The lowest BCUT2D eigenvalue weighted by Crippen LogP contribution is -2.07. The van der Waals surface area contributed by atoms with Gasteiger partial charge in [-0.3, -0.25) is 0 Å². The van der Waals surface area contributed by atoms with Crippen LogP contribution in [-0.2, 0) is 11.3 Å². The molecule has 0 saturated heterocycles. The largest absolute Gasteiger partial charge is 0.497 e. The second kappa shape index (κ2) is 8.08. The molecule has 152 valence electrons. The molecular weight excluding hydrogens is 409 g/mol. The average Bonchev–Trinajstić information content (AvgIpc) is 3.13. The molecule has 0 aliphatic heterocycles. The molecule has 0 fully saturated rings. The van der Waals surface area contributed by atoms with Crippen molar-refractivity contribution in [2.75, 3.05) is 7.11 Å². The first-order chi connectivity index (χ1) is 14.4. The molecule has 4 rings (SSSR count). The number of methoxy groups -OCH3 is 1. The summed E-state index contributed by atoms with van der Waals surface area (Å²) in [5, 5.41) is 1.24. The summed E-state index contributed by atoms with van der Waals surface area (Å²) in [6, 6.07) is 12.3. The number of benzene rings is 2. The molecule has 0 N–H and O–H groups in total. The molecule has 2 heterocycles. The van der Waals surface area contributed by atoms with E-state index in [1.165, 1.54) is 36.6 Å². The van der Waals surface area contributed by atoms with E-state index in [0.717, 1.165) is 0 Å². The molecule has 4 aromatic rings. The number of hydrogen-bond acceptors (Lipinski definition) is 7. The summed E-state index contributed by atoms with van der Waals surface area (Å²) >= 11 is 1.17. The Bertz CT molecular complexity index is 1290. The van der Waals surface area contributed by atoms with Crippen molar-refractivity contribution in [2.45, 2.75) is 13.5 Å². The van der Waals surface area contributed by atoms with Crippen molar-refractivity contribution in [1.29, 1.82) is 0 Å². The zero-order chi connectivity index (χ0) is 21.3. The molecule has 0 aliphatic carbocycles. The topological polar surface area (TPSA) is 78.6 Å². The number of halogens is 1. The Labute approximate surface area is 174 Å². The molecule has 0 bridgehead atoms. The van der Waals surface area contributed by atoms with Crippen LogP contribution < -0.4 is 10.4 Å². The SMILES string of the molecule is COc1ccc2c(COC(=O)c3sc(-c4ccc(F)cc4)nc3C)cc(=O)oc2c1. The van der Waals surface area contributed by atoms with Crippen molar-refractivity contribution in [2.24, 2.45) is 0 Å². The van der Waals surface area contributed by atoms with Crippen LogP contribution in [0.25, 0.3) is 21.5 Å². The van der Waals surface area contributed by atoms with E-state index in [0.29, 0.717) is 43.4 Å². The molecule has 0 amide bonds. The number of carbonyl (C=O) groups is 1. The number of fused-ring (bicyclic) bond motifs is 1. The molecule has 6 nitrogen and oxygen atoms in total. The lowest BCUT2D eigenvalue weighted by molar-refractivity contribution is 0.0478. The van der Waals surface area contributed by atoms with Gasteiger partial charge in [0.25, 0.3) is 0 Å². The van der Waals surface area contributed by atoms with Crippen molar-refractivity contribution in [3.63, 3.8) is 0 Å².